The summed E-state index contributed by atoms with van der Waals surface area (Å²) >= 11 is 1.68. The third-order valence-electron chi connectivity index (χ3n) is 3.42. The molecule has 14 heavy (non-hydrogen) atoms. The summed E-state index contributed by atoms with van der Waals surface area (Å²) in [6, 6.07) is 0. The van der Waals surface area contributed by atoms with Crippen molar-refractivity contribution in [1.29, 1.82) is 0 Å². The lowest BCUT2D eigenvalue weighted by molar-refractivity contribution is 0.293. The Morgan fingerprint density at radius 1 is 1.71 bits per heavy atom. The maximum absolute atomic E-state index is 5.92. The van der Waals surface area contributed by atoms with Crippen molar-refractivity contribution in [2.45, 2.75) is 32.6 Å². The van der Waals surface area contributed by atoms with E-state index in [1.807, 2.05) is 5.51 Å². The van der Waals surface area contributed by atoms with Crippen LogP contribution in [0.25, 0.3) is 0 Å². The van der Waals surface area contributed by atoms with Gasteiger partial charge >= 0.3 is 0 Å². The first kappa shape index (κ1) is 10.1. The minimum Gasteiger partial charge on any atom is -0.330 e. The fourth-order valence-electron chi connectivity index (χ4n) is 2.62. The van der Waals surface area contributed by atoms with Crippen molar-refractivity contribution < 1.29 is 0 Å². The summed E-state index contributed by atoms with van der Waals surface area (Å²) in [6.07, 6.45) is 4.97. The van der Waals surface area contributed by atoms with Gasteiger partial charge in [-0.15, -0.1) is 11.3 Å². The molecule has 0 saturated heterocycles. The Balaban J connectivity index is 2.06. The van der Waals surface area contributed by atoms with Crippen LogP contribution >= 0.6 is 11.3 Å². The van der Waals surface area contributed by atoms with Crippen LogP contribution in [-0.4, -0.2) is 11.5 Å². The van der Waals surface area contributed by atoms with Crippen molar-refractivity contribution in [2.24, 2.45) is 17.1 Å². The molecule has 2 rings (SSSR count). The quantitative estimate of drug-likeness (QED) is 0.832. The second-order valence-electron chi connectivity index (χ2n) is 4.71. The summed E-state index contributed by atoms with van der Waals surface area (Å²) in [5.41, 5.74) is 9.42. The monoisotopic (exact) mass is 210 g/mol. The summed E-state index contributed by atoms with van der Waals surface area (Å²) in [6.45, 7) is 3.15. The van der Waals surface area contributed by atoms with Crippen molar-refractivity contribution in [2.75, 3.05) is 6.54 Å². The van der Waals surface area contributed by atoms with Crippen molar-refractivity contribution in [1.82, 2.24) is 4.98 Å². The molecule has 1 saturated carbocycles. The van der Waals surface area contributed by atoms with Crippen LogP contribution < -0.4 is 5.73 Å². The summed E-state index contributed by atoms with van der Waals surface area (Å²) in [5, 5.41) is 2.15. The van der Waals surface area contributed by atoms with Gasteiger partial charge in [-0.05, 0) is 37.1 Å². The molecule has 1 aliphatic rings. The molecule has 78 valence electrons. The second kappa shape index (κ2) is 3.99. The summed E-state index contributed by atoms with van der Waals surface area (Å²) in [7, 11) is 0. The third-order valence-corrected chi connectivity index (χ3v) is 4.06. The Hall–Kier alpha value is -0.410. The van der Waals surface area contributed by atoms with Gasteiger partial charge in [0.1, 0.15) is 0 Å². The summed E-state index contributed by atoms with van der Waals surface area (Å²) in [4.78, 5) is 4.36. The summed E-state index contributed by atoms with van der Waals surface area (Å²) < 4.78 is 0. The fraction of sp³-hybridized carbons (Fsp3) is 0.727. The number of hydrogen-bond acceptors (Lipinski definition) is 3. The summed E-state index contributed by atoms with van der Waals surface area (Å²) in [5.74, 6) is 0.845. The van der Waals surface area contributed by atoms with Crippen LogP contribution in [0.5, 0.6) is 0 Å². The Labute approximate surface area is 89.5 Å². The molecule has 2 atom stereocenters. The molecule has 0 aliphatic heterocycles. The highest BCUT2D eigenvalue weighted by Crippen LogP contribution is 2.43. The molecule has 0 amide bonds. The smallest absolute Gasteiger partial charge is 0.0794 e. The molecule has 1 aromatic heterocycles. The molecule has 0 spiro atoms. The Morgan fingerprint density at radius 3 is 3.07 bits per heavy atom. The minimum absolute atomic E-state index is 0.355. The first-order valence-corrected chi connectivity index (χ1v) is 6.25. The SMILES string of the molecule is CC1CCC(CN)(Cc2cscn2)C1. The van der Waals surface area contributed by atoms with Crippen LogP contribution in [0.3, 0.4) is 0 Å². The topological polar surface area (TPSA) is 38.9 Å². The van der Waals surface area contributed by atoms with E-state index in [2.05, 4.69) is 17.3 Å². The standard InChI is InChI=1S/C11H18N2S/c1-9-2-3-11(4-9,7-12)5-10-6-14-8-13-10/h6,8-9H,2-5,7,12H2,1H3. The predicted molar refractivity (Wildman–Crippen MR) is 60.3 cm³/mol. The van der Waals surface area contributed by atoms with E-state index in [0.29, 0.717) is 5.41 Å². The second-order valence-corrected chi connectivity index (χ2v) is 5.43. The number of rotatable bonds is 3. The highest BCUT2D eigenvalue weighted by Gasteiger charge is 2.36. The van der Waals surface area contributed by atoms with E-state index in [4.69, 9.17) is 5.73 Å². The van der Waals surface area contributed by atoms with Crippen LogP contribution in [0.1, 0.15) is 31.9 Å². The Kier molecular flexibility index (Phi) is 2.88. The van der Waals surface area contributed by atoms with Crippen molar-refractivity contribution >= 4 is 11.3 Å². The minimum atomic E-state index is 0.355. The van der Waals surface area contributed by atoms with E-state index in [0.717, 1.165) is 18.9 Å². The molecule has 2 unspecified atom stereocenters. The molecule has 1 aromatic rings. The van der Waals surface area contributed by atoms with Gasteiger partial charge in [0.15, 0.2) is 0 Å². The Morgan fingerprint density at radius 2 is 2.57 bits per heavy atom. The molecule has 1 heterocycles. The molecule has 0 aromatic carbocycles. The van der Waals surface area contributed by atoms with E-state index in [-0.39, 0.29) is 0 Å². The largest absolute Gasteiger partial charge is 0.330 e. The number of thiazole rings is 1. The van der Waals surface area contributed by atoms with Gasteiger partial charge in [-0.3, -0.25) is 0 Å². The first-order valence-electron chi connectivity index (χ1n) is 5.31. The number of aromatic nitrogens is 1. The molecule has 2 nitrogen and oxygen atoms in total. The molecular formula is C11H18N2S. The van der Waals surface area contributed by atoms with Crippen LogP contribution in [0.4, 0.5) is 0 Å². The zero-order valence-electron chi connectivity index (χ0n) is 8.70. The van der Waals surface area contributed by atoms with Gasteiger partial charge in [0.2, 0.25) is 0 Å². The number of hydrogen-bond donors (Lipinski definition) is 1. The zero-order valence-corrected chi connectivity index (χ0v) is 9.52. The predicted octanol–water partition coefficient (Wildman–Crippen LogP) is 2.45. The van der Waals surface area contributed by atoms with Gasteiger partial charge in [0.05, 0.1) is 11.2 Å². The van der Waals surface area contributed by atoms with Crippen LogP contribution in [0.15, 0.2) is 10.9 Å². The third kappa shape index (κ3) is 1.98. The number of nitrogens with two attached hydrogens (primary N) is 1. The molecule has 3 heteroatoms. The lowest BCUT2D eigenvalue weighted by Gasteiger charge is -2.26. The van der Waals surface area contributed by atoms with Crippen LogP contribution in [-0.2, 0) is 6.42 Å². The van der Waals surface area contributed by atoms with Gasteiger partial charge < -0.3 is 5.73 Å². The maximum Gasteiger partial charge on any atom is 0.0794 e. The molecule has 2 N–H and O–H groups in total. The lowest BCUT2D eigenvalue weighted by atomic mass is 9.81. The highest BCUT2D eigenvalue weighted by molar-refractivity contribution is 7.07. The normalized spacial score (nSPS) is 32.3. The number of nitrogens with zero attached hydrogens (tertiary/aromatic N) is 1. The van der Waals surface area contributed by atoms with Crippen molar-refractivity contribution in [3.05, 3.63) is 16.6 Å². The van der Waals surface area contributed by atoms with Gasteiger partial charge in [-0.25, -0.2) is 4.98 Å². The van der Waals surface area contributed by atoms with E-state index in [1.54, 1.807) is 11.3 Å². The molecular weight excluding hydrogens is 192 g/mol. The molecule has 0 radical (unpaired) electrons. The fourth-order valence-corrected chi connectivity index (χ4v) is 3.18. The molecule has 0 bridgehead atoms. The average Bonchev–Trinajstić information content (AvgIpc) is 2.77. The van der Waals surface area contributed by atoms with Crippen molar-refractivity contribution in [3.63, 3.8) is 0 Å². The maximum atomic E-state index is 5.92. The van der Waals surface area contributed by atoms with E-state index < -0.39 is 0 Å². The van der Waals surface area contributed by atoms with E-state index in [9.17, 15) is 0 Å². The average molecular weight is 210 g/mol. The van der Waals surface area contributed by atoms with Crippen molar-refractivity contribution in [3.8, 4) is 0 Å². The van der Waals surface area contributed by atoms with Gasteiger partial charge in [-0.1, -0.05) is 13.3 Å². The molecule has 1 fully saturated rings. The highest BCUT2D eigenvalue weighted by atomic mass is 32.1. The molecule has 1 aliphatic carbocycles. The lowest BCUT2D eigenvalue weighted by Crippen LogP contribution is -2.30. The van der Waals surface area contributed by atoms with Gasteiger partial charge in [-0.2, -0.15) is 0 Å². The van der Waals surface area contributed by atoms with Crippen LogP contribution in [0, 0.1) is 11.3 Å². The first-order chi connectivity index (χ1) is 6.74. The van der Waals surface area contributed by atoms with E-state index in [1.165, 1.54) is 25.0 Å². The van der Waals surface area contributed by atoms with Gasteiger partial charge in [0.25, 0.3) is 0 Å². The zero-order chi connectivity index (χ0) is 10.0. The Bertz CT molecular complexity index is 283. The van der Waals surface area contributed by atoms with Gasteiger partial charge in [0, 0.05) is 5.38 Å². The van der Waals surface area contributed by atoms with Crippen LogP contribution in [0.2, 0.25) is 0 Å². The van der Waals surface area contributed by atoms with E-state index >= 15 is 0 Å².